The van der Waals surface area contributed by atoms with E-state index in [2.05, 4.69) is 17.6 Å². The molecule has 0 radical (unpaired) electrons. The third kappa shape index (κ3) is 4.78. The van der Waals surface area contributed by atoms with E-state index in [-0.39, 0.29) is 10.6 Å². The molecule has 5 heteroatoms. The number of hydrogen-bond donors (Lipinski definition) is 2. The Morgan fingerprint density at radius 1 is 1.41 bits per heavy atom. The van der Waals surface area contributed by atoms with E-state index in [0.717, 1.165) is 24.1 Å². The fraction of sp³-hybridized carbons (Fsp3) is 0.647. The summed E-state index contributed by atoms with van der Waals surface area (Å²) in [7, 11) is 0. The average Bonchev–Trinajstić information content (AvgIpc) is 2.74. The Balaban J connectivity index is 1.86. The van der Waals surface area contributed by atoms with Gasteiger partial charge in [-0.1, -0.05) is 25.0 Å². The number of benzene rings is 1. The van der Waals surface area contributed by atoms with Crippen molar-refractivity contribution >= 4 is 5.69 Å². The van der Waals surface area contributed by atoms with Gasteiger partial charge in [0.15, 0.2) is 0 Å². The van der Waals surface area contributed by atoms with Crippen LogP contribution in [0.5, 0.6) is 0 Å². The lowest BCUT2D eigenvalue weighted by atomic mass is 10.0. The van der Waals surface area contributed by atoms with Crippen molar-refractivity contribution in [2.45, 2.75) is 64.6 Å². The second-order valence-corrected chi connectivity index (χ2v) is 6.34. The molecule has 2 N–H and O–H groups in total. The summed E-state index contributed by atoms with van der Waals surface area (Å²) in [4.78, 5) is 10.7. The van der Waals surface area contributed by atoms with Crippen molar-refractivity contribution in [3.63, 3.8) is 0 Å². The first-order valence-corrected chi connectivity index (χ1v) is 8.27. The van der Waals surface area contributed by atoms with Gasteiger partial charge in [-0.2, -0.15) is 0 Å². The number of hydrogen-bond acceptors (Lipinski definition) is 4. The second kappa shape index (κ2) is 8.25. The van der Waals surface area contributed by atoms with E-state index in [0.29, 0.717) is 18.6 Å². The van der Waals surface area contributed by atoms with E-state index in [1.54, 1.807) is 12.1 Å². The number of nitrogens with one attached hydrogen (secondary N) is 2. The zero-order valence-electron chi connectivity index (χ0n) is 13.6. The molecule has 0 spiro atoms. The van der Waals surface area contributed by atoms with Gasteiger partial charge in [-0.3, -0.25) is 10.1 Å². The molecule has 1 aromatic carbocycles. The van der Waals surface area contributed by atoms with E-state index in [1.165, 1.54) is 25.7 Å². The first-order chi connectivity index (χ1) is 10.6. The van der Waals surface area contributed by atoms with Crippen LogP contribution in [0.1, 0.15) is 50.2 Å². The lowest BCUT2D eigenvalue weighted by Crippen LogP contribution is -2.36. The Labute approximate surface area is 132 Å². The third-order valence-electron chi connectivity index (χ3n) is 4.56. The molecule has 1 heterocycles. The monoisotopic (exact) mass is 305 g/mol. The molecule has 1 aliphatic rings. The zero-order chi connectivity index (χ0) is 15.9. The van der Waals surface area contributed by atoms with Gasteiger partial charge in [-0.25, -0.2) is 0 Å². The fourth-order valence-corrected chi connectivity index (χ4v) is 3.16. The van der Waals surface area contributed by atoms with Gasteiger partial charge >= 0.3 is 0 Å². The summed E-state index contributed by atoms with van der Waals surface area (Å²) in [5.41, 5.74) is 1.98. The van der Waals surface area contributed by atoms with Gasteiger partial charge in [0.25, 0.3) is 5.69 Å². The maximum atomic E-state index is 11.0. The van der Waals surface area contributed by atoms with Gasteiger partial charge in [0.1, 0.15) is 0 Å². The first kappa shape index (κ1) is 16.9. The summed E-state index contributed by atoms with van der Waals surface area (Å²) in [6.07, 6.45) is 6.29. The standard InChI is InChI=1S/C17H27N3O2/c1-13(11-16-8-4-3-5-10-18-16)19-12-15-7-6-9-17(14(15)2)20(21)22/h6-7,9,13,16,18-19H,3-5,8,10-12H2,1-2H3. The normalized spacial score (nSPS) is 20.4. The molecule has 0 bridgehead atoms. The number of nitrogens with zero attached hydrogens (tertiary/aromatic N) is 1. The molecule has 2 unspecified atom stereocenters. The van der Waals surface area contributed by atoms with Crippen LogP contribution in [0.3, 0.4) is 0 Å². The van der Waals surface area contributed by atoms with Crippen LogP contribution in [-0.2, 0) is 6.54 Å². The summed E-state index contributed by atoms with van der Waals surface area (Å²) in [6.45, 7) is 5.83. The van der Waals surface area contributed by atoms with Crippen molar-refractivity contribution in [2.75, 3.05) is 6.54 Å². The first-order valence-electron chi connectivity index (χ1n) is 8.27. The Morgan fingerprint density at radius 3 is 3.00 bits per heavy atom. The molecule has 2 atom stereocenters. The Kier molecular flexibility index (Phi) is 6.34. The van der Waals surface area contributed by atoms with Gasteiger partial charge in [0.2, 0.25) is 0 Å². The quantitative estimate of drug-likeness (QED) is 0.625. The third-order valence-corrected chi connectivity index (χ3v) is 4.56. The number of nitro groups is 1. The molecule has 1 aromatic rings. The van der Waals surface area contributed by atoms with Crippen molar-refractivity contribution in [1.82, 2.24) is 10.6 Å². The van der Waals surface area contributed by atoms with E-state index in [9.17, 15) is 10.1 Å². The van der Waals surface area contributed by atoms with Crippen molar-refractivity contribution in [3.05, 3.63) is 39.4 Å². The minimum atomic E-state index is -0.308. The predicted octanol–water partition coefficient (Wildman–Crippen LogP) is 3.30. The van der Waals surface area contributed by atoms with Crippen molar-refractivity contribution < 1.29 is 4.92 Å². The molecule has 0 saturated carbocycles. The molecule has 22 heavy (non-hydrogen) atoms. The summed E-state index contributed by atoms with van der Waals surface area (Å²) in [6, 6.07) is 6.29. The second-order valence-electron chi connectivity index (χ2n) is 6.34. The molecule has 0 amide bonds. The van der Waals surface area contributed by atoms with Crippen molar-refractivity contribution in [2.24, 2.45) is 0 Å². The van der Waals surface area contributed by atoms with Crippen LogP contribution in [-0.4, -0.2) is 23.6 Å². The van der Waals surface area contributed by atoms with Gasteiger partial charge in [0, 0.05) is 30.3 Å². The molecule has 2 rings (SSSR count). The van der Waals surface area contributed by atoms with Crippen LogP contribution in [0.25, 0.3) is 0 Å². The molecule has 1 aliphatic heterocycles. The number of nitro benzene ring substituents is 1. The molecule has 0 aliphatic carbocycles. The van der Waals surface area contributed by atoms with Crippen LogP contribution in [0.15, 0.2) is 18.2 Å². The smallest absolute Gasteiger partial charge is 0.272 e. The lowest BCUT2D eigenvalue weighted by molar-refractivity contribution is -0.385. The molecular formula is C17H27N3O2. The minimum absolute atomic E-state index is 0.206. The van der Waals surface area contributed by atoms with Crippen LogP contribution in [0.4, 0.5) is 5.69 Å². The molecule has 0 aromatic heterocycles. The maximum Gasteiger partial charge on any atom is 0.272 e. The highest BCUT2D eigenvalue weighted by Gasteiger charge is 2.16. The lowest BCUT2D eigenvalue weighted by Gasteiger charge is -2.21. The van der Waals surface area contributed by atoms with Gasteiger partial charge in [-0.15, -0.1) is 0 Å². The van der Waals surface area contributed by atoms with Crippen LogP contribution < -0.4 is 10.6 Å². The summed E-state index contributed by atoms with van der Waals surface area (Å²) in [5.74, 6) is 0. The largest absolute Gasteiger partial charge is 0.314 e. The molecule has 1 saturated heterocycles. The summed E-state index contributed by atoms with van der Waals surface area (Å²) >= 11 is 0. The molecule has 1 fully saturated rings. The Morgan fingerprint density at radius 2 is 2.23 bits per heavy atom. The topological polar surface area (TPSA) is 67.2 Å². The summed E-state index contributed by atoms with van der Waals surface area (Å²) < 4.78 is 0. The van der Waals surface area contributed by atoms with Crippen LogP contribution >= 0.6 is 0 Å². The summed E-state index contributed by atoms with van der Waals surface area (Å²) in [5, 5.41) is 18.1. The maximum absolute atomic E-state index is 11.0. The fourth-order valence-electron chi connectivity index (χ4n) is 3.16. The van der Waals surface area contributed by atoms with Crippen LogP contribution in [0.2, 0.25) is 0 Å². The van der Waals surface area contributed by atoms with Gasteiger partial charge < -0.3 is 10.6 Å². The highest BCUT2D eigenvalue weighted by molar-refractivity contribution is 5.44. The van der Waals surface area contributed by atoms with E-state index in [1.807, 2.05) is 13.0 Å². The van der Waals surface area contributed by atoms with E-state index < -0.39 is 0 Å². The minimum Gasteiger partial charge on any atom is -0.314 e. The average molecular weight is 305 g/mol. The van der Waals surface area contributed by atoms with Crippen molar-refractivity contribution in [1.29, 1.82) is 0 Å². The van der Waals surface area contributed by atoms with Gasteiger partial charge in [-0.05, 0) is 45.2 Å². The highest BCUT2D eigenvalue weighted by Crippen LogP contribution is 2.21. The molecule has 122 valence electrons. The molecule has 5 nitrogen and oxygen atoms in total. The Hall–Kier alpha value is -1.46. The predicted molar refractivity (Wildman–Crippen MR) is 89.0 cm³/mol. The van der Waals surface area contributed by atoms with Gasteiger partial charge in [0.05, 0.1) is 4.92 Å². The van der Waals surface area contributed by atoms with E-state index >= 15 is 0 Å². The van der Waals surface area contributed by atoms with Crippen molar-refractivity contribution in [3.8, 4) is 0 Å². The highest BCUT2D eigenvalue weighted by atomic mass is 16.6. The van der Waals surface area contributed by atoms with E-state index in [4.69, 9.17) is 0 Å². The zero-order valence-corrected chi connectivity index (χ0v) is 13.6. The Bertz CT molecular complexity index is 497. The van der Waals surface area contributed by atoms with Crippen LogP contribution in [0, 0.1) is 17.0 Å². The molecular weight excluding hydrogens is 278 g/mol. The number of rotatable bonds is 6. The SMILES string of the molecule is Cc1c(CNC(C)CC2CCCCCN2)cccc1[N+](=O)[O-].